The van der Waals surface area contributed by atoms with Gasteiger partial charge in [-0.3, -0.25) is 4.57 Å². The Morgan fingerprint density at radius 2 is 1.19 bits per heavy atom. The Balaban J connectivity index is 2.12. The molecule has 0 fully saturated rings. The zero-order valence-electron chi connectivity index (χ0n) is 15.1. The standard InChI is InChI=1S/C23H23O2P/c1-19(2)18-23(20-12-6-3-7-13-20)25-26(24,21-14-8-4-9-15-21)22-16-10-5-11-17-22/h3-19H,1-2H3/b23-18+. The highest BCUT2D eigenvalue weighted by Gasteiger charge is 2.31. The van der Waals surface area contributed by atoms with Crippen LogP contribution >= 0.6 is 7.37 Å². The van der Waals surface area contributed by atoms with E-state index in [1.54, 1.807) is 0 Å². The van der Waals surface area contributed by atoms with E-state index in [0.29, 0.717) is 16.4 Å². The molecule has 3 rings (SSSR count). The molecular formula is C23H23O2P. The average molecular weight is 362 g/mol. The van der Waals surface area contributed by atoms with Gasteiger partial charge < -0.3 is 4.52 Å². The van der Waals surface area contributed by atoms with E-state index in [4.69, 9.17) is 4.52 Å². The van der Waals surface area contributed by atoms with Crippen molar-refractivity contribution in [2.45, 2.75) is 13.8 Å². The molecule has 0 amide bonds. The number of benzene rings is 3. The summed E-state index contributed by atoms with van der Waals surface area (Å²) in [6.07, 6.45) is 2.02. The summed E-state index contributed by atoms with van der Waals surface area (Å²) in [7, 11) is -3.27. The van der Waals surface area contributed by atoms with Crippen molar-refractivity contribution >= 4 is 23.7 Å². The fraction of sp³-hybridized carbons (Fsp3) is 0.130. The lowest BCUT2D eigenvalue weighted by molar-refractivity contribution is 0.478. The van der Waals surface area contributed by atoms with Gasteiger partial charge in [0.15, 0.2) is 0 Å². The monoisotopic (exact) mass is 362 g/mol. The molecule has 0 heterocycles. The quantitative estimate of drug-likeness (QED) is 0.420. The summed E-state index contributed by atoms with van der Waals surface area (Å²) in [5.74, 6) is 0.918. The van der Waals surface area contributed by atoms with Gasteiger partial charge in [0.2, 0.25) is 0 Å². The van der Waals surface area contributed by atoms with Crippen molar-refractivity contribution in [1.29, 1.82) is 0 Å². The maximum absolute atomic E-state index is 14.1. The Morgan fingerprint density at radius 3 is 1.62 bits per heavy atom. The zero-order chi connectivity index (χ0) is 18.4. The molecule has 26 heavy (non-hydrogen) atoms. The van der Waals surface area contributed by atoms with Gasteiger partial charge in [0, 0.05) is 5.56 Å². The fourth-order valence-electron chi connectivity index (χ4n) is 2.73. The molecule has 3 heteroatoms. The molecule has 0 atom stereocenters. The number of rotatable bonds is 6. The molecule has 0 aromatic heterocycles. The summed E-state index contributed by atoms with van der Waals surface area (Å²) in [5, 5.41) is 1.38. The zero-order valence-corrected chi connectivity index (χ0v) is 16.0. The summed E-state index contributed by atoms with van der Waals surface area (Å²) in [4.78, 5) is 0. The Hall–Kier alpha value is -2.57. The minimum atomic E-state index is -3.27. The van der Waals surface area contributed by atoms with Crippen LogP contribution in [0.5, 0.6) is 0 Å². The van der Waals surface area contributed by atoms with Crippen molar-refractivity contribution < 1.29 is 9.09 Å². The topological polar surface area (TPSA) is 26.3 Å². The normalized spacial score (nSPS) is 12.2. The average Bonchev–Trinajstić information content (AvgIpc) is 2.69. The Morgan fingerprint density at radius 1 is 0.769 bits per heavy atom. The Kier molecular flexibility index (Phi) is 5.75. The maximum atomic E-state index is 14.1. The van der Waals surface area contributed by atoms with Crippen LogP contribution < -0.4 is 10.6 Å². The third kappa shape index (κ3) is 4.15. The lowest BCUT2D eigenvalue weighted by atomic mass is 10.1. The molecule has 0 saturated heterocycles. The van der Waals surface area contributed by atoms with E-state index < -0.39 is 7.37 Å². The number of hydrogen-bond donors (Lipinski definition) is 0. The molecule has 3 aromatic carbocycles. The first-order valence-electron chi connectivity index (χ1n) is 8.78. The SMILES string of the molecule is CC(C)/C=C(/OP(=O)(c1ccccc1)c1ccccc1)c1ccccc1. The minimum Gasteiger partial charge on any atom is -0.437 e. The first kappa shape index (κ1) is 18.2. The molecule has 0 spiro atoms. The van der Waals surface area contributed by atoms with E-state index in [1.165, 1.54) is 0 Å². The molecule has 0 aliphatic carbocycles. The Bertz CT molecular complexity index is 857. The third-order valence-corrected chi connectivity index (χ3v) is 6.37. The van der Waals surface area contributed by atoms with Gasteiger partial charge in [0.05, 0.1) is 10.6 Å². The van der Waals surface area contributed by atoms with Gasteiger partial charge in [-0.05, 0) is 36.3 Å². The van der Waals surface area contributed by atoms with Gasteiger partial charge in [-0.1, -0.05) is 80.6 Å². The fourth-order valence-corrected chi connectivity index (χ4v) is 4.81. The van der Waals surface area contributed by atoms with Crippen molar-refractivity contribution in [2.24, 2.45) is 5.92 Å². The second kappa shape index (κ2) is 8.21. The molecule has 3 aromatic rings. The van der Waals surface area contributed by atoms with E-state index in [2.05, 4.69) is 13.8 Å². The van der Waals surface area contributed by atoms with Gasteiger partial charge >= 0.3 is 7.37 Å². The van der Waals surface area contributed by atoms with Crippen LogP contribution in [0, 0.1) is 5.92 Å². The van der Waals surface area contributed by atoms with Crippen LogP contribution in [-0.2, 0) is 9.09 Å². The van der Waals surface area contributed by atoms with E-state index >= 15 is 0 Å². The predicted octanol–water partition coefficient (Wildman–Crippen LogP) is 5.63. The highest BCUT2D eigenvalue weighted by Crippen LogP contribution is 2.48. The number of allylic oxidation sites excluding steroid dienone is 1. The molecule has 0 bridgehead atoms. The molecule has 0 saturated carbocycles. The van der Waals surface area contributed by atoms with Crippen molar-refractivity contribution in [3.05, 3.63) is 103 Å². The van der Waals surface area contributed by atoms with Crippen molar-refractivity contribution in [2.75, 3.05) is 0 Å². The van der Waals surface area contributed by atoms with E-state index in [1.807, 2.05) is 97.1 Å². The molecule has 132 valence electrons. The molecule has 0 radical (unpaired) electrons. The Labute approximate surface area is 155 Å². The summed E-state index contributed by atoms with van der Waals surface area (Å²) >= 11 is 0. The molecular weight excluding hydrogens is 339 g/mol. The van der Waals surface area contributed by atoms with E-state index in [9.17, 15) is 4.57 Å². The van der Waals surface area contributed by atoms with Gasteiger partial charge in [0.25, 0.3) is 0 Å². The third-order valence-electron chi connectivity index (χ3n) is 3.96. The summed E-state index contributed by atoms with van der Waals surface area (Å²) in [6, 6.07) is 28.7. The second-order valence-electron chi connectivity index (χ2n) is 6.45. The molecule has 0 N–H and O–H groups in total. The van der Waals surface area contributed by atoms with Crippen LogP contribution in [0.25, 0.3) is 5.76 Å². The predicted molar refractivity (Wildman–Crippen MR) is 110 cm³/mol. The van der Waals surface area contributed by atoms with Crippen LogP contribution in [0.1, 0.15) is 19.4 Å². The second-order valence-corrected chi connectivity index (χ2v) is 8.77. The highest BCUT2D eigenvalue weighted by atomic mass is 31.2. The van der Waals surface area contributed by atoms with Crippen molar-refractivity contribution in [3.63, 3.8) is 0 Å². The smallest absolute Gasteiger partial charge is 0.306 e. The minimum absolute atomic E-state index is 0.269. The summed E-state index contributed by atoms with van der Waals surface area (Å²) in [5.41, 5.74) is 0.924. The largest absolute Gasteiger partial charge is 0.437 e. The van der Waals surface area contributed by atoms with Crippen LogP contribution in [0.4, 0.5) is 0 Å². The van der Waals surface area contributed by atoms with Crippen LogP contribution in [-0.4, -0.2) is 0 Å². The van der Waals surface area contributed by atoms with E-state index in [0.717, 1.165) is 5.56 Å². The van der Waals surface area contributed by atoms with Crippen LogP contribution in [0.3, 0.4) is 0 Å². The molecule has 2 nitrogen and oxygen atoms in total. The van der Waals surface area contributed by atoms with Gasteiger partial charge in [-0.15, -0.1) is 0 Å². The van der Waals surface area contributed by atoms with Gasteiger partial charge in [-0.2, -0.15) is 0 Å². The maximum Gasteiger partial charge on any atom is 0.306 e. The first-order valence-corrected chi connectivity index (χ1v) is 10.4. The van der Waals surface area contributed by atoms with Crippen LogP contribution in [0.2, 0.25) is 0 Å². The van der Waals surface area contributed by atoms with E-state index in [-0.39, 0.29) is 5.92 Å². The lowest BCUT2D eigenvalue weighted by Crippen LogP contribution is -2.18. The molecule has 0 aliphatic heterocycles. The molecule has 0 aliphatic rings. The van der Waals surface area contributed by atoms with Crippen molar-refractivity contribution in [3.8, 4) is 0 Å². The summed E-state index contributed by atoms with van der Waals surface area (Å²) < 4.78 is 20.4. The summed E-state index contributed by atoms with van der Waals surface area (Å²) in [6.45, 7) is 4.17. The van der Waals surface area contributed by atoms with Crippen LogP contribution in [0.15, 0.2) is 97.1 Å². The highest BCUT2D eigenvalue weighted by molar-refractivity contribution is 7.74. The first-order chi connectivity index (χ1) is 12.6. The molecule has 0 unspecified atom stereocenters. The van der Waals surface area contributed by atoms with Gasteiger partial charge in [-0.25, -0.2) is 0 Å². The van der Waals surface area contributed by atoms with Gasteiger partial charge in [0.1, 0.15) is 5.76 Å². The van der Waals surface area contributed by atoms with Crippen molar-refractivity contribution in [1.82, 2.24) is 0 Å². The number of hydrogen-bond acceptors (Lipinski definition) is 2. The lowest BCUT2D eigenvalue weighted by Gasteiger charge is -2.23.